The molecule has 1 N–H and O–H groups in total. The second kappa shape index (κ2) is 4.97. The fourth-order valence-corrected chi connectivity index (χ4v) is 4.07. The van der Waals surface area contributed by atoms with Gasteiger partial charge in [-0.3, -0.25) is 4.99 Å². The van der Waals surface area contributed by atoms with Crippen LogP contribution in [0.25, 0.3) is 0 Å². The molecular formula is C17H15IN2. The summed E-state index contributed by atoms with van der Waals surface area (Å²) in [4.78, 5) is 4.68. The number of allylic oxidation sites excluding steroid dienone is 2. The Morgan fingerprint density at radius 3 is 2.75 bits per heavy atom. The lowest BCUT2D eigenvalue weighted by Gasteiger charge is -2.24. The highest BCUT2D eigenvalue weighted by molar-refractivity contribution is 14.1. The lowest BCUT2D eigenvalue weighted by molar-refractivity contribution is 0.533. The average Bonchev–Trinajstić information content (AvgIpc) is 2.86. The maximum atomic E-state index is 4.68. The fraction of sp³-hybridized carbons (Fsp3) is 0.235. The van der Waals surface area contributed by atoms with Crippen LogP contribution in [0.5, 0.6) is 0 Å². The van der Waals surface area contributed by atoms with Gasteiger partial charge in [-0.05, 0) is 28.7 Å². The molecule has 100 valence electrons. The maximum absolute atomic E-state index is 4.68. The van der Waals surface area contributed by atoms with Gasteiger partial charge in [0, 0.05) is 33.2 Å². The van der Waals surface area contributed by atoms with E-state index in [1.54, 1.807) is 0 Å². The van der Waals surface area contributed by atoms with Crippen molar-refractivity contribution in [2.45, 2.75) is 12.1 Å². The molecule has 0 radical (unpaired) electrons. The van der Waals surface area contributed by atoms with Crippen LogP contribution in [-0.2, 0) is 0 Å². The van der Waals surface area contributed by atoms with Crippen molar-refractivity contribution in [3.8, 4) is 0 Å². The van der Waals surface area contributed by atoms with E-state index in [2.05, 4.69) is 87.5 Å². The van der Waals surface area contributed by atoms with Gasteiger partial charge in [-0.1, -0.05) is 48.6 Å². The number of hydrogen-bond acceptors (Lipinski definition) is 2. The molecular weight excluding hydrogens is 359 g/mol. The van der Waals surface area contributed by atoms with Crippen molar-refractivity contribution in [1.29, 1.82) is 0 Å². The summed E-state index contributed by atoms with van der Waals surface area (Å²) in [7, 11) is 0. The van der Waals surface area contributed by atoms with Gasteiger partial charge in [0.15, 0.2) is 0 Å². The molecule has 2 heterocycles. The number of nitrogens with zero attached hydrogens (tertiary/aromatic N) is 1. The van der Waals surface area contributed by atoms with Crippen molar-refractivity contribution in [2.24, 2.45) is 16.8 Å². The van der Waals surface area contributed by atoms with Crippen LogP contribution in [0.15, 0.2) is 65.8 Å². The Bertz CT molecular complexity index is 657. The van der Waals surface area contributed by atoms with Gasteiger partial charge in [-0.2, -0.15) is 0 Å². The van der Waals surface area contributed by atoms with Gasteiger partial charge in [-0.15, -0.1) is 0 Å². The zero-order chi connectivity index (χ0) is 13.5. The predicted molar refractivity (Wildman–Crippen MR) is 90.8 cm³/mol. The molecule has 0 aromatic heterocycles. The molecule has 4 atom stereocenters. The highest BCUT2D eigenvalue weighted by Gasteiger charge is 2.43. The van der Waals surface area contributed by atoms with E-state index >= 15 is 0 Å². The van der Waals surface area contributed by atoms with Gasteiger partial charge in [-0.25, -0.2) is 0 Å². The molecule has 3 aliphatic rings. The van der Waals surface area contributed by atoms with E-state index in [0.717, 1.165) is 0 Å². The molecule has 4 rings (SSSR count). The molecule has 0 saturated carbocycles. The molecule has 2 aliphatic heterocycles. The van der Waals surface area contributed by atoms with Crippen LogP contribution in [0.4, 0.5) is 0 Å². The first-order valence-corrected chi connectivity index (χ1v) is 8.03. The first kappa shape index (κ1) is 12.5. The largest absolute Gasteiger partial charge is 0.301 e. The van der Waals surface area contributed by atoms with Gasteiger partial charge < -0.3 is 5.32 Å². The molecule has 0 spiro atoms. The minimum absolute atomic E-state index is 0.318. The average molecular weight is 374 g/mol. The Hall–Kier alpha value is -1.20. The van der Waals surface area contributed by atoms with E-state index in [0.29, 0.717) is 23.9 Å². The van der Waals surface area contributed by atoms with Crippen molar-refractivity contribution in [3.63, 3.8) is 0 Å². The van der Waals surface area contributed by atoms with Crippen LogP contribution < -0.4 is 5.32 Å². The van der Waals surface area contributed by atoms with Gasteiger partial charge in [0.2, 0.25) is 0 Å². The van der Waals surface area contributed by atoms with E-state index in [-0.39, 0.29) is 0 Å². The van der Waals surface area contributed by atoms with Crippen LogP contribution in [0, 0.1) is 15.4 Å². The number of aliphatic imine (C=N–C) groups is 1. The summed E-state index contributed by atoms with van der Waals surface area (Å²) in [5, 5.41) is 3.75. The monoisotopic (exact) mass is 374 g/mol. The second-order valence-corrected chi connectivity index (χ2v) is 6.59. The predicted octanol–water partition coefficient (Wildman–Crippen LogP) is 3.31. The van der Waals surface area contributed by atoms with Crippen LogP contribution in [-0.4, -0.2) is 17.8 Å². The standard InChI is InChI=1S/C17H15IN2/c18-14-7-3-1-6-13(14)16-17-12(9-10-19-16)11-5-2-4-8-15(11)20-17/h1-12,15,17,20H. The second-order valence-electron chi connectivity index (χ2n) is 5.43. The Balaban J connectivity index is 1.75. The summed E-state index contributed by atoms with van der Waals surface area (Å²) in [6.45, 7) is 0. The number of rotatable bonds is 1. The van der Waals surface area contributed by atoms with Crippen molar-refractivity contribution in [3.05, 3.63) is 70.0 Å². The highest BCUT2D eigenvalue weighted by atomic mass is 127. The number of benzene rings is 1. The molecule has 1 aromatic rings. The van der Waals surface area contributed by atoms with E-state index < -0.39 is 0 Å². The van der Waals surface area contributed by atoms with Crippen molar-refractivity contribution >= 4 is 28.3 Å². The number of fused-ring (bicyclic) bond motifs is 3. The zero-order valence-corrected chi connectivity index (χ0v) is 13.1. The third-order valence-corrected chi connectivity index (χ3v) is 5.29. The SMILES string of the molecule is Ic1ccccc1C1=NC=CC2C1NC1C=CC=CC12. The van der Waals surface area contributed by atoms with E-state index in [9.17, 15) is 0 Å². The minimum Gasteiger partial charge on any atom is -0.301 e. The van der Waals surface area contributed by atoms with E-state index in [1.807, 2.05) is 6.20 Å². The van der Waals surface area contributed by atoms with Crippen LogP contribution in [0.1, 0.15) is 5.56 Å². The normalized spacial score (nSPS) is 33.8. The molecule has 1 aromatic carbocycles. The van der Waals surface area contributed by atoms with Crippen LogP contribution in [0.2, 0.25) is 0 Å². The molecule has 0 amide bonds. The van der Waals surface area contributed by atoms with Crippen molar-refractivity contribution in [1.82, 2.24) is 5.32 Å². The van der Waals surface area contributed by atoms with Gasteiger partial charge >= 0.3 is 0 Å². The minimum atomic E-state index is 0.318. The third-order valence-electron chi connectivity index (χ3n) is 4.35. The smallest absolute Gasteiger partial charge is 0.0662 e. The lowest BCUT2D eigenvalue weighted by Crippen LogP contribution is -2.39. The summed E-state index contributed by atoms with van der Waals surface area (Å²) in [6.07, 6.45) is 13.1. The summed E-state index contributed by atoms with van der Waals surface area (Å²) in [5.74, 6) is 1.05. The molecule has 4 unspecified atom stereocenters. The Kier molecular flexibility index (Phi) is 3.11. The van der Waals surface area contributed by atoms with Crippen molar-refractivity contribution in [2.75, 3.05) is 0 Å². The Morgan fingerprint density at radius 2 is 1.85 bits per heavy atom. The zero-order valence-electron chi connectivity index (χ0n) is 10.9. The summed E-state index contributed by atoms with van der Waals surface area (Å²) >= 11 is 2.40. The third kappa shape index (κ3) is 1.91. The Morgan fingerprint density at radius 1 is 1.00 bits per heavy atom. The highest BCUT2D eigenvalue weighted by Crippen LogP contribution is 2.36. The molecule has 1 aliphatic carbocycles. The lowest BCUT2D eigenvalue weighted by atomic mass is 9.81. The molecule has 2 nitrogen and oxygen atoms in total. The van der Waals surface area contributed by atoms with Gasteiger partial charge in [0.05, 0.1) is 11.8 Å². The molecule has 0 bridgehead atoms. The molecule has 1 saturated heterocycles. The van der Waals surface area contributed by atoms with E-state index in [4.69, 9.17) is 0 Å². The number of nitrogens with one attached hydrogen (secondary N) is 1. The Labute approximate surface area is 132 Å². The van der Waals surface area contributed by atoms with Gasteiger partial charge in [0.25, 0.3) is 0 Å². The molecule has 3 heteroatoms. The van der Waals surface area contributed by atoms with E-state index in [1.165, 1.54) is 14.8 Å². The van der Waals surface area contributed by atoms with Crippen LogP contribution in [0.3, 0.4) is 0 Å². The summed E-state index contributed by atoms with van der Waals surface area (Å²) in [6, 6.07) is 9.24. The fourth-order valence-electron chi connectivity index (χ4n) is 3.41. The van der Waals surface area contributed by atoms with Crippen LogP contribution >= 0.6 is 22.6 Å². The molecule has 20 heavy (non-hydrogen) atoms. The number of halogens is 1. The summed E-state index contributed by atoms with van der Waals surface area (Å²) < 4.78 is 1.26. The quantitative estimate of drug-likeness (QED) is 0.750. The van der Waals surface area contributed by atoms with Gasteiger partial charge in [0.1, 0.15) is 0 Å². The molecule has 1 fully saturated rings. The number of hydrogen-bond donors (Lipinski definition) is 1. The maximum Gasteiger partial charge on any atom is 0.0662 e. The topological polar surface area (TPSA) is 24.4 Å². The summed E-state index contributed by atoms with van der Waals surface area (Å²) in [5.41, 5.74) is 2.44. The van der Waals surface area contributed by atoms with Crippen molar-refractivity contribution < 1.29 is 0 Å². The first-order valence-electron chi connectivity index (χ1n) is 6.95. The first-order chi connectivity index (χ1) is 9.84.